The Morgan fingerprint density at radius 2 is 1.83 bits per heavy atom. The first-order valence-electron chi connectivity index (χ1n) is 8.63. The minimum Gasteiger partial charge on any atom is -0.299 e. The number of nitrogens with zero attached hydrogens (tertiary/aromatic N) is 1. The van der Waals surface area contributed by atoms with Gasteiger partial charge >= 0.3 is 0 Å². The Morgan fingerprint density at radius 1 is 1.22 bits per heavy atom. The molecule has 2 heterocycles. The van der Waals surface area contributed by atoms with Crippen LogP contribution in [-0.4, -0.2) is 34.0 Å². The normalized spacial score (nSPS) is 43.3. The lowest BCUT2D eigenvalue weighted by Gasteiger charge is -2.65. The first-order chi connectivity index (χ1) is 10.7. The van der Waals surface area contributed by atoms with Crippen LogP contribution in [0.1, 0.15) is 51.9 Å². The number of ketones is 1. The molecule has 0 amide bonds. The Balaban J connectivity index is 0.000000276. The Labute approximate surface area is 139 Å². The van der Waals surface area contributed by atoms with Crippen LogP contribution in [0.15, 0.2) is 0 Å². The predicted molar refractivity (Wildman–Crippen MR) is 73.5 cm³/mol. The summed E-state index contributed by atoms with van der Waals surface area (Å²) in [5, 5.41) is 0. The highest BCUT2D eigenvalue weighted by atomic mass is 35.7. The van der Waals surface area contributed by atoms with Crippen molar-refractivity contribution in [1.82, 2.24) is 4.90 Å². The highest BCUT2D eigenvalue weighted by molar-refractivity contribution is 5.84. The molecule has 1 N–H and O–H groups in total. The molecule has 2 bridgehead atoms. The van der Waals surface area contributed by atoms with Crippen molar-refractivity contribution in [3.05, 3.63) is 0 Å². The second-order valence-electron chi connectivity index (χ2n) is 7.79. The van der Waals surface area contributed by atoms with Gasteiger partial charge in [0.15, 0.2) is 0 Å². The summed E-state index contributed by atoms with van der Waals surface area (Å²) in [4.78, 5) is 15.3. The molecule has 1 unspecified atom stereocenters. The number of carbonyl (C=O) groups is 1. The number of carbonyl (C=O) groups excluding carboxylic acids is 1. The molecular weight excluding hydrogens is 322 g/mol. The van der Waals surface area contributed by atoms with E-state index in [2.05, 4.69) is 11.8 Å². The molecule has 0 radical (unpaired) electrons. The van der Waals surface area contributed by atoms with Gasteiger partial charge < -0.3 is 0 Å². The molecule has 4 aliphatic rings. The molecule has 2 aliphatic carbocycles. The van der Waals surface area contributed by atoms with E-state index in [0.29, 0.717) is 17.2 Å². The zero-order valence-electron chi connectivity index (χ0n) is 13.6. The standard InChI is InChI=1S/C16H25NO.ClHO4/c1-11-8-12-9-15(18)14-5-3-7-17-6-2-4-13(12)16(14,17)10-11;2-1(3,4)5/h11-14H,2-10H2,1H3;(H,2,3,4,5)/t11?,12-,13+,14+,16+;/m0./s1. The van der Waals surface area contributed by atoms with Crippen molar-refractivity contribution in [3.63, 3.8) is 0 Å². The van der Waals surface area contributed by atoms with Crippen LogP contribution in [0.25, 0.3) is 0 Å². The van der Waals surface area contributed by atoms with Crippen LogP contribution in [0.5, 0.6) is 0 Å². The lowest BCUT2D eigenvalue weighted by atomic mass is 9.48. The summed E-state index contributed by atoms with van der Waals surface area (Å²) in [6.45, 7) is 4.95. The number of hydrogen-bond acceptors (Lipinski definition) is 6. The second kappa shape index (κ2) is 6.24. The van der Waals surface area contributed by atoms with Crippen LogP contribution >= 0.6 is 0 Å². The maximum atomic E-state index is 12.5. The Bertz CT molecular complexity index is 460. The third-order valence-corrected chi connectivity index (χ3v) is 6.50. The maximum Gasteiger partial charge on any atom is 0.138 e. The highest BCUT2D eigenvalue weighted by Gasteiger charge is 2.62. The fourth-order valence-electron chi connectivity index (χ4n) is 6.18. The van der Waals surface area contributed by atoms with Gasteiger partial charge in [0.25, 0.3) is 0 Å². The summed E-state index contributed by atoms with van der Waals surface area (Å²) in [5.41, 5.74) is 0.314. The van der Waals surface area contributed by atoms with Gasteiger partial charge in [-0.1, -0.05) is 6.92 Å². The lowest BCUT2D eigenvalue weighted by molar-refractivity contribution is -1.92. The summed E-state index contributed by atoms with van der Waals surface area (Å²) in [6, 6.07) is 0. The molecule has 2 saturated heterocycles. The fourth-order valence-corrected chi connectivity index (χ4v) is 6.18. The molecule has 132 valence electrons. The highest BCUT2D eigenvalue weighted by Crippen LogP contribution is 2.59. The monoisotopic (exact) mass is 347 g/mol. The first-order valence-corrected chi connectivity index (χ1v) is 9.89. The number of piperidine rings is 2. The van der Waals surface area contributed by atoms with Gasteiger partial charge in [-0.3, -0.25) is 9.69 Å². The Morgan fingerprint density at radius 3 is 2.48 bits per heavy atom. The molecule has 0 aromatic carbocycles. The average Bonchev–Trinajstić information content (AvgIpc) is 2.41. The molecule has 0 aromatic heterocycles. The van der Waals surface area contributed by atoms with E-state index in [1.165, 1.54) is 51.6 Å². The van der Waals surface area contributed by atoms with Crippen LogP contribution < -0.4 is 14.0 Å². The largest absolute Gasteiger partial charge is 0.299 e. The van der Waals surface area contributed by atoms with E-state index in [-0.39, 0.29) is 0 Å². The van der Waals surface area contributed by atoms with Gasteiger partial charge in [-0.05, 0) is 69.4 Å². The smallest absolute Gasteiger partial charge is 0.138 e. The molecule has 2 saturated carbocycles. The van der Waals surface area contributed by atoms with Gasteiger partial charge in [0.1, 0.15) is 5.78 Å². The maximum absolute atomic E-state index is 12.5. The number of hydrogen-bond donors (Lipinski definition) is 1. The fraction of sp³-hybridized carbons (Fsp3) is 0.938. The van der Waals surface area contributed by atoms with Crippen LogP contribution in [-0.2, 0) is 4.79 Å². The van der Waals surface area contributed by atoms with Crippen molar-refractivity contribution < 1.29 is 33.7 Å². The summed E-state index contributed by atoms with van der Waals surface area (Å²) in [6.07, 6.45) is 8.75. The molecule has 23 heavy (non-hydrogen) atoms. The van der Waals surface area contributed by atoms with E-state index in [1.807, 2.05) is 0 Å². The number of halogens is 1. The van der Waals surface area contributed by atoms with Crippen LogP contribution in [0.4, 0.5) is 0 Å². The van der Waals surface area contributed by atoms with Crippen molar-refractivity contribution in [3.8, 4) is 0 Å². The minimum atomic E-state index is -4.69. The first kappa shape index (κ1) is 17.6. The summed E-state index contributed by atoms with van der Waals surface area (Å²) < 4.78 is 32.7. The van der Waals surface area contributed by atoms with Crippen molar-refractivity contribution in [2.24, 2.45) is 23.7 Å². The summed E-state index contributed by atoms with van der Waals surface area (Å²) >= 11 is 0. The summed E-state index contributed by atoms with van der Waals surface area (Å²) in [7, 11) is -4.69. The quantitative estimate of drug-likeness (QED) is 0.586. The van der Waals surface area contributed by atoms with E-state index in [4.69, 9.17) is 18.6 Å². The molecule has 4 rings (SSSR count). The average molecular weight is 348 g/mol. The van der Waals surface area contributed by atoms with E-state index in [0.717, 1.165) is 24.2 Å². The van der Waals surface area contributed by atoms with Gasteiger partial charge in [-0.2, -0.15) is 14.0 Å². The summed E-state index contributed by atoms with van der Waals surface area (Å²) in [5.74, 6) is 3.43. The van der Waals surface area contributed by atoms with Gasteiger partial charge in [-0.15, -0.1) is 0 Å². The molecular formula is C16H26ClNO5. The lowest BCUT2D eigenvalue weighted by Crippen LogP contribution is -2.71. The SMILES string of the molecule is CC1C[C@H]2CC(=O)[C@H]3CCCN4CCC[C@H]2[C@]34C1.[O-][Cl+3]([O-])([O-])O. The predicted octanol–water partition coefficient (Wildman–Crippen LogP) is -1.26. The Kier molecular flexibility index (Phi) is 4.77. The van der Waals surface area contributed by atoms with Gasteiger partial charge in [0.05, 0.1) is 14.9 Å². The molecule has 7 heteroatoms. The van der Waals surface area contributed by atoms with Crippen molar-refractivity contribution in [2.45, 2.75) is 57.4 Å². The van der Waals surface area contributed by atoms with E-state index >= 15 is 0 Å². The van der Waals surface area contributed by atoms with Crippen molar-refractivity contribution in [2.75, 3.05) is 13.1 Å². The second-order valence-corrected chi connectivity index (χ2v) is 8.59. The van der Waals surface area contributed by atoms with Gasteiger partial charge in [-0.25, -0.2) is 0 Å². The van der Waals surface area contributed by atoms with Crippen molar-refractivity contribution >= 4 is 5.78 Å². The molecule has 0 aromatic rings. The van der Waals surface area contributed by atoms with E-state index < -0.39 is 10.2 Å². The van der Waals surface area contributed by atoms with Crippen LogP contribution in [0.2, 0.25) is 0 Å². The molecule has 4 fully saturated rings. The minimum absolute atomic E-state index is 0.314. The zero-order valence-corrected chi connectivity index (χ0v) is 14.3. The topological polar surface area (TPSA) is 110 Å². The molecule has 2 aliphatic heterocycles. The van der Waals surface area contributed by atoms with Gasteiger partial charge in [0.2, 0.25) is 0 Å². The number of Topliss-reactive ketones (excluding diaryl/α,β-unsaturated/α-hetero) is 1. The van der Waals surface area contributed by atoms with Crippen LogP contribution in [0.3, 0.4) is 0 Å². The van der Waals surface area contributed by atoms with Crippen LogP contribution in [0, 0.1) is 33.9 Å². The van der Waals surface area contributed by atoms with Gasteiger partial charge in [0, 0.05) is 17.9 Å². The number of rotatable bonds is 0. The van der Waals surface area contributed by atoms with E-state index in [9.17, 15) is 4.79 Å². The Hall–Kier alpha value is -0.240. The molecule has 1 spiro atoms. The third-order valence-electron chi connectivity index (χ3n) is 6.50. The molecule has 6 nitrogen and oxygen atoms in total. The third kappa shape index (κ3) is 3.30. The zero-order chi connectivity index (χ0) is 16.8. The molecule has 5 atom stereocenters. The van der Waals surface area contributed by atoms with Crippen molar-refractivity contribution in [1.29, 1.82) is 0 Å². The van der Waals surface area contributed by atoms with E-state index in [1.54, 1.807) is 0 Å².